The van der Waals surface area contributed by atoms with Gasteiger partial charge in [-0.2, -0.15) is 4.98 Å². The van der Waals surface area contributed by atoms with Crippen LogP contribution in [0.15, 0.2) is 10.9 Å². The largest absolute Gasteiger partial charge is 0.354 e. The summed E-state index contributed by atoms with van der Waals surface area (Å²) in [5.74, 6) is 1.51. The molecule has 1 unspecified atom stereocenters. The molecule has 0 saturated carbocycles. The van der Waals surface area contributed by atoms with Crippen molar-refractivity contribution in [3.63, 3.8) is 0 Å². The maximum atomic E-state index is 5.27. The molecule has 0 spiro atoms. The number of hydrogen-bond donors (Lipinski definition) is 1. The minimum Gasteiger partial charge on any atom is -0.354 e. The molecular weight excluding hydrogens is 266 g/mol. The summed E-state index contributed by atoms with van der Waals surface area (Å²) in [6.45, 7) is 9.46. The molecule has 3 heterocycles. The molecule has 0 bridgehead atoms. The fourth-order valence-corrected chi connectivity index (χ4v) is 3.01. The summed E-state index contributed by atoms with van der Waals surface area (Å²) in [5, 5.41) is 8.53. The van der Waals surface area contributed by atoms with E-state index in [2.05, 4.69) is 39.2 Å². The zero-order valence-electron chi connectivity index (χ0n) is 13.0. The van der Waals surface area contributed by atoms with Gasteiger partial charge in [0.15, 0.2) is 0 Å². The Kier molecular flexibility index (Phi) is 4.05. The van der Waals surface area contributed by atoms with Crippen molar-refractivity contribution in [2.75, 3.05) is 24.5 Å². The smallest absolute Gasteiger partial charge is 0.263 e. The lowest BCUT2D eigenvalue weighted by Crippen LogP contribution is -2.40. The van der Waals surface area contributed by atoms with E-state index in [1.807, 2.05) is 6.92 Å². The van der Waals surface area contributed by atoms with Crippen molar-refractivity contribution >= 4 is 16.9 Å². The lowest BCUT2D eigenvalue weighted by molar-refractivity contribution is 0.442. The average Bonchev–Trinajstić information content (AvgIpc) is 3.08. The maximum absolute atomic E-state index is 5.27. The van der Waals surface area contributed by atoms with Gasteiger partial charge in [0.05, 0.1) is 5.69 Å². The number of rotatable bonds is 5. The molecule has 1 saturated heterocycles. The van der Waals surface area contributed by atoms with Crippen LogP contribution in [-0.2, 0) is 0 Å². The van der Waals surface area contributed by atoms with Crippen molar-refractivity contribution in [3.05, 3.63) is 12.0 Å². The number of hydrogen-bond acceptors (Lipinski definition) is 6. The van der Waals surface area contributed by atoms with Crippen molar-refractivity contribution < 1.29 is 4.52 Å². The maximum Gasteiger partial charge on any atom is 0.263 e. The number of nitrogens with one attached hydrogen (secondary N) is 1. The lowest BCUT2D eigenvalue weighted by Gasteiger charge is -2.28. The third-order valence-corrected chi connectivity index (χ3v) is 3.91. The molecule has 1 aliphatic heterocycles. The minimum absolute atomic E-state index is 0.536. The second-order valence-corrected chi connectivity index (χ2v) is 6.24. The van der Waals surface area contributed by atoms with Crippen LogP contribution in [0.4, 0.5) is 5.82 Å². The highest BCUT2D eigenvalue weighted by molar-refractivity contribution is 5.87. The number of anilines is 1. The monoisotopic (exact) mass is 289 g/mol. The number of nitrogens with zero attached hydrogens (tertiary/aromatic N) is 4. The van der Waals surface area contributed by atoms with Gasteiger partial charge in [-0.1, -0.05) is 19.0 Å². The Balaban J connectivity index is 1.94. The second-order valence-electron chi connectivity index (χ2n) is 6.24. The Labute approximate surface area is 124 Å². The Morgan fingerprint density at radius 2 is 2.29 bits per heavy atom. The molecule has 1 atom stereocenters. The number of fused-ring (bicyclic) bond motifs is 1. The van der Waals surface area contributed by atoms with Gasteiger partial charge in [-0.15, -0.1) is 0 Å². The zero-order chi connectivity index (χ0) is 14.8. The van der Waals surface area contributed by atoms with Gasteiger partial charge in [0.25, 0.3) is 5.71 Å². The first-order valence-electron chi connectivity index (χ1n) is 7.70. The molecule has 6 heteroatoms. The first kappa shape index (κ1) is 14.3. The second kappa shape index (κ2) is 5.97. The van der Waals surface area contributed by atoms with E-state index in [4.69, 9.17) is 4.52 Å². The highest BCUT2D eigenvalue weighted by Gasteiger charge is 2.23. The van der Waals surface area contributed by atoms with Crippen LogP contribution in [0.5, 0.6) is 0 Å². The van der Waals surface area contributed by atoms with Crippen molar-refractivity contribution in [1.82, 2.24) is 20.4 Å². The van der Waals surface area contributed by atoms with E-state index in [0.29, 0.717) is 17.7 Å². The lowest BCUT2D eigenvalue weighted by atomic mass is 10.1. The Bertz CT molecular complexity index is 603. The van der Waals surface area contributed by atoms with Gasteiger partial charge in [-0.3, -0.25) is 0 Å². The summed E-state index contributed by atoms with van der Waals surface area (Å²) in [6.07, 6.45) is 4.05. The zero-order valence-corrected chi connectivity index (χ0v) is 13.0. The molecule has 0 aromatic carbocycles. The van der Waals surface area contributed by atoms with Gasteiger partial charge in [0.2, 0.25) is 0 Å². The van der Waals surface area contributed by atoms with Gasteiger partial charge in [-0.25, -0.2) is 4.98 Å². The van der Waals surface area contributed by atoms with Crippen LogP contribution in [0.25, 0.3) is 11.1 Å². The Hall–Kier alpha value is -1.69. The van der Waals surface area contributed by atoms with Crippen molar-refractivity contribution in [2.24, 2.45) is 5.92 Å². The van der Waals surface area contributed by atoms with Crippen LogP contribution < -0.4 is 10.2 Å². The topological polar surface area (TPSA) is 67.1 Å². The molecular formula is C15H23N5O. The normalized spacial score (nSPS) is 18.8. The first-order valence-corrected chi connectivity index (χ1v) is 7.70. The Morgan fingerprint density at radius 1 is 1.43 bits per heavy atom. The SMILES string of the molecule is Cc1noc2ncnc(N(CC(C)C)CC3CCCN3)c12. The summed E-state index contributed by atoms with van der Waals surface area (Å²) in [6, 6.07) is 0.536. The molecule has 1 N–H and O–H groups in total. The van der Waals surface area contributed by atoms with Crippen molar-refractivity contribution in [1.29, 1.82) is 0 Å². The predicted octanol–water partition coefficient (Wildman–Crippen LogP) is 2.14. The van der Waals surface area contributed by atoms with Crippen LogP contribution in [-0.4, -0.2) is 40.8 Å². The quantitative estimate of drug-likeness (QED) is 0.909. The van der Waals surface area contributed by atoms with Gasteiger partial charge in [-0.05, 0) is 32.2 Å². The summed E-state index contributed by atoms with van der Waals surface area (Å²) >= 11 is 0. The third kappa shape index (κ3) is 3.00. The highest BCUT2D eigenvalue weighted by Crippen LogP contribution is 2.27. The predicted molar refractivity (Wildman–Crippen MR) is 82.4 cm³/mol. The van der Waals surface area contributed by atoms with Crippen molar-refractivity contribution in [3.8, 4) is 0 Å². The van der Waals surface area contributed by atoms with Crippen LogP contribution in [0.3, 0.4) is 0 Å². The fraction of sp³-hybridized carbons (Fsp3) is 0.667. The standard InChI is InChI=1S/C15H23N5O/c1-10(2)7-20(8-12-5-4-6-16-12)14-13-11(3)19-21-15(13)18-9-17-14/h9-10,12,16H,4-8H2,1-3H3. The van der Waals surface area contributed by atoms with Gasteiger partial charge in [0.1, 0.15) is 17.5 Å². The molecule has 0 aliphatic carbocycles. The van der Waals surface area contributed by atoms with E-state index in [1.54, 1.807) is 6.33 Å². The van der Waals surface area contributed by atoms with E-state index in [-0.39, 0.29) is 0 Å². The minimum atomic E-state index is 0.536. The van der Waals surface area contributed by atoms with Crippen LogP contribution in [0.2, 0.25) is 0 Å². The molecule has 2 aromatic heterocycles. The fourth-order valence-electron chi connectivity index (χ4n) is 3.01. The van der Waals surface area contributed by atoms with E-state index in [9.17, 15) is 0 Å². The molecule has 21 heavy (non-hydrogen) atoms. The van der Waals surface area contributed by atoms with E-state index in [1.165, 1.54) is 12.8 Å². The van der Waals surface area contributed by atoms with E-state index >= 15 is 0 Å². The molecule has 114 valence electrons. The summed E-state index contributed by atoms with van der Waals surface area (Å²) in [4.78, 5) is 11.0. The molecule has 0 amide bonds. The van der Waals surface area contributed by atoms with Crippen LogP contribution >= 0.6 is 0 Å². The summed E-state index contributed by atoms with van der Waals surface area (Å²) in [7, 11) is 0. The molecule has 6 nitrogen and oxygen atoms in total. The third-order valence-electron chi connectivity index (χ3n) is 3.91. The van der Waals surface area contributed by atoms with Gasteiger partial charge < -0.3 is 14.7 Å². The molecule has 1 fully saturated rings. The molecule has 3 rings (SSSR count). The highest BCUT2D eigenvalue weighted by atomic mass is 16.5. The van der Waals surface area contributed by atoms with E-state index < -0.39 is 0 Å². The van der Waals surface area contributed by atoms with Gasteiger partial charge in [0, 0.05) is 19.1 Å². The van der Waals surface area contributed by atoms with Crippen LogP contribution in [0, 0.1) is 12.8 Å². The van der Waals surface area contributed by atoms with Gasteiger partial charge >= 0.3 is 0 Å². The summed E-state index contributed by atoms with van der Waals surface area (Å²) in [5.41, 5.74) is 1.43. The first-order chi connectivity index (χ1) is 10.1. The van der Waals surface area contributed by atoms with Crippen molar-refractivity contribution in [2.45, 2.75) is 39.7 Å². The molecule has 2 aromatic rings. The number of aryl methyl sites for hydroxylation is 1. The van der Waals surface area contributed by atoms with E-state index in [0.717, 1.165) is 36.5 Å². The molecule has 0 radical (unpaired) electrons. The molecule has 1 aliphatic rings. The van der Waals surface area contributed by atoms with Crippen LogP contribution in [0.1, 0.15) is 32.4 Å². The Morgan fingerprint density at radius 3 is 3.00 bits per heavy atom. The summed E-state index contributed by atoms with van der Waals surface area (Å²) < 4.78 is 5.27. The number of aromatic nitrogens is 3. The average molecular weight is 289 g/mol.